The minimum Gasteiger partial charge on any atom is -0.394 e. The van der Waals surface area contributed by atoms with E-state index in [2.05, 4.69) is 0 Å². The highest BCUT2D eigenvalue weighted by Crippen LogP contribution is 2.13. The molecule has 0 radical (unpaired) electrons. The molecule has 0 fully saturated rings. The Balaban J connectivity index is 1.61. The molecule has 71 heavy (non-hydrogen) atoms. The Morgan fingerprint density at radius 1 is 0.268 bits per heavy atom. The van der Waals surface area contributed by atoms with Crippen molar-refractivity contribution in [1.82, 2.24) is 0 Å². The number of benzene rings is 1. The highest BCUT2D eigenvalue weighted by molar-refractivity contribution is 7.86. The molecule has 0 heterocycles. The van der Waals surface area contributed by atoms with Crippen molar-refractivity contribution in [3.63, 3.8) is 0 Å². The van der Waals surface area contributed by atoms with Gasteiger partial charge in [-0.15, -0.1) is 0 Å². The molecule has 23 nitrogen and oxygen atoms in total. The number of hydrogen-bond donors (Lipinski definition) is 1. The van der Waals surface area contributed by atoms with Crippen LogP contribution in [0, 0.1) is 6.92 Å². The Labute approximate surface area is 422 Å². The molecule has 0 spiro atoms. The maximum absolute atomic E-state index is 12.1. The minimum absolute atomic E-state index is 0.0169. The number of rotatable bonds is 61. The standard InChI is InChI=1S/C47H88O23S/c1-46-2-4-47(5-3-46)71(49,50)70-45-44-69-43-42-68-41-40-67-39-38-66-37-36-65-35-34-64-33-32-63-31-30-62-29-28-61-27-26-60-25-24-59-23-22-58-21-20-57-19-18-56-17-16-55-15-14-54-13-12-53-11-10-52-9-8-51-7-6-48/h2-5,48H,6-45H2,1H3. The van der Waals surface area contributed by atoms with Crippen LogP contribution < -0.4 is 0 Å². The van der Waals surface area contributed by atoms with E-state index in [9.17, 15) is 8.42 Å². The molecular weight excluding hydrogens is 965 g/mol. The molecule has 1 aromatic carbocycles. The van der Waals surface area contributed by atoms with Gasteiger partial charge in [0.2, 0.25) is 0 Å². The van der Waals surface area contributed by atoms with Crippen molar-refractivity contribution >= 4 is 10.1 Å². The highest BCUT2D eigenvalue weighted by atomic mass is 32.2. The van der Waals surface area contributed by atoms with Crippen LogP contribution in [0.4, 0.5) is 0 Å². The van der Waals surface area contributed by atoms with Crippen molar-refractivity contribution in [3.05, 3.63) is 29.8 Å². The number of aliphatic hydroxyl groups excluding tert-OH is 1. The third-order valence-corrected chi connectivity index (χ3v) is 10.0. The second kappa shape index (κ2) is 56.1. The van der Waals surface area contributed by atoms with Crippen molar-refractivity contribution in [2.24, 2.45) is 0 Å². The Bertz CT molecular complexity index is 1290. The summed E-state index contributed by atoms with van der Waals surface area (Å²) < 4.78 is 133. The summed E-state index contributed by atoms with van der Waals surface area (Å²) in [4.78, 5) is 0.122. The minimum atomic E-state index is -3.79. The molecule has 0 atom stereocenters. The zero-order valence-electron chi connectivity index (χ0n) is 42.4. The molecule has 0 aliphatic rings. The molecular formula is C47H88O23S. The van der Waals surface area contributed by atoms with Crippen molar-refractivity contribution in [3.8, 4) is 0 Å². The van der Waals surface area contributed by atoms with E-state index in [1.165, 1.54) is 12.1 Å². The van der Waals surface area contributed by atoms with Crippen LogP contribution in [0.2, 0.25) is 0 Å². The fourth-order valence-corrected chi connectivity index (χ4v) is 5.99. The van der Waals surface area contributed by atoms with Gasteiger partial charge in [-0.2, -0.15) is 8.42 Å². The Hall–Kier alpha value is -1.67. The van der Waals surface area contributed by atoms with E-state index in [1.807, 2.05) is 6.92 Å². The molecule has 0 saturated heterocycles. The average molecular weight is 1050 g/mol. The molecule has 420 valence electrons. The third-order valence-electron chi connectivity index (χ3n) is 8.71. The lowest BCUT2D eigenvalue weighted by Gasteiger charge is -2.09. The van der Waals surface area contributed by atoms with Crippen molar-refractivity contribution in [2.45, 2.75) is 11.8 Å². The number of aliphatic hydroxyl groups is 1. The van der Waals surface area contributed by atoms with Crippen LogP contribution in [-0.4, -0.2) is 278 Å². The Kier molecular flexibility index (Phi) is 53.2. The summed E-state index contributed by atoms with van der Waals surface area (Å²) >= 11 is 0. The van der Waals surface area contributed by atoms with Gasteiger partial charge in [0.05, 0.1) is 269 Å². The van der Waals surface area contributed by atoms with Crippen LogP contribution in [0.15, 0.2) is 29.2 Å². The fourth-order valence-electron chi connectivity index (χ4n) is 5.10. The summed E-state index contributed by atoms with van der Waals surface area (Å²) in [6.45, 7) is 19.1. The van der Waals surface area contributed by atoms with Crippen LogP contribution in [0.25, 0.3) is 0 Å². The van der Waals surface area contributed by atoms with Crippen LogP contribution in [0.5, 0.6) is 0 Å². The number of aryl methyl sites for hydroxylation is 1. The SMILES string of the molecule is Cc1ccc(S(=O)(=O)OCCOCCOCCOCCOCCOCCOCCOCCOCCOCCOCCOCCOCCOCCOCCOCCOCCOCCOCCOCCO)cc1. The lowest BCUT2D eigenvalue weighted by molar-refractivity contribution is -0.0313. The summed E-state index contributed by atoms with van der Waals surface area (Å²) in [6, 6.07) is 6.47. The van der Waals surface area contributed by atoms with Gasteiger partial charge >= 0.3 is 0 Å². The second-order valence-electron chi connectivity index (χ2n) is 14.4. The number of ether oxygens (including phenoxy) is 19. The van der Waals surface area contributed by atoms with Gasteiger partial charge in [-0.1, -0.05) is 17.7 Å². The summed E-state index contributed by atoms with van der Waals surface area (Å²) in [6.07, 6.45) is 0. The molecule has 0 aliphatic carbocycles. The molecule has 24 heteroatoms. The fraction of sp³-hybridized carbons (Fsp3) is 0.872. The maximum atomic E-state index is 12.1. The van der Waals surface area contributed by atoms with E-state index in [0.29, 0.717) is 244 Å². The summed E-state index contributed by atoms with van der Waals surface area (Å²) in [5.74, 6) is 0. The summed E-state index contributed by atoms with van der Waals surface area (Å²) in [5.41, 5.74) is 0.970. The first-order valence-electron chi connectivity index (χ1n) is 24.6. The van der Waals surface area contributed by atoms with Gasteiger partial charge in [-0.05, 0) is 19.1 Å². The summed E-state index contributed by atoms with van der Waals surface area (Å²) in [5, 5.41) is 8.60. The lowest BCUT2D eigenvalue weighted by atomic mass is 10.2. The third kappa shape index (κ3) is 51.6. The number of hydrogen-bond acceptors (Lipinski definition) is 23. The second-order valence-corrected chi connectivity index (χ2v) is 16.1. The maximum Gasteiger partial charge on any atom is 0.297 e. The molecule has 1 aromatic rings. The molecule has 1 rings (SSSR count). The first-order valence-corrected chi connectivity index (χ1v) is 26.0. The largest absolute Gasteiger partial charge is 0.394 e. The molecule has 0 unspecified atom stereocenters. The highest BCUT2D eigenvalue weighted by Gasteiger charge is 2.14. The van der Waals surface area contributed by atoms with E-state index >= 15 is 0 Å². The molecule has 0 saturated carbocycles. The normalized spacial score (nSPS) is 11.9. The zero-order valence-corrected chi connectivity index (χ0v) is 43.2. The van der Waals surface area contributed by atoms with Gasteiger partial charge in [0.25, 0.3) is 10.1 Å². The van der Waals surface area contributed by atoms with Crippen LogP contribution in [0.3, 0.4) is 0 Å². The summed E-state index contributed by atoms with van der Waals surface area (Å²) in [7, 11) is -3.79. The Morgan fingerprint density at radius 3 is 0.592 bits per heavy atom. The average Bonchev–Trinajstić information content (AvgIpc) is 3.37. The van der Waals surface area contributed by atoms with Crippen molar-refractivity contribution in [2.75, 3.05) is 264 Å². The molecule has 0 amide bonds. The monoisotopic (exact) mass is 1050 g/mol. The smallest absolute Gasteiger partial charge is 0.297 e. The van der Waals surface area contributed by atoms with E-state index < -0.39 is 10.1 Å². The van der Waals surface area contributed by atoms with E-state index in [0.717, 1.165) is 5.56 Å². The van der Waals surface area contributed by atoms with Crippen LogP contribution in [-0.2, 0) is 104 Å². The van der Waals surface area contributed by atoms with Gasteiger partial charge in [0.15, 0.2) is 0 Å². The van der Waals surface area contributed by atoms with Gasteiger partial charge in [0, 0.05) is 0 Å². The van der Waals surface area contributed by atoms with Gasteiger partial charge in [-0.3, -0.25) is 4.18 Å². The van der Waals surface area contributed by atoms with Crippen molar-refractivity contribution in [1.29, 1.82) is 0 Å². The Morgan fingerprint density at radius 2 is 0.423 bits per heavy atom. The molecule has 1 N–H and O–H groups in total. The predicted octanol–water partition coefficient (Wildman–Crippen LogP) is 1.01. The van der Waals surface area contributed by atoms with Gasteiger partial charge < -0.3 is 95.1 Å². The first-order chi connectivity index (χ1) is 35.1. The predicted molar refractivity (Wildman–Crippen MR) is 257 cm³/mol. The van der Waals surface area contributed by atoms with Crippen LogP contribution >= 0.6 is 0 Å². The zero-order chi connectivity index (χ0) is 50.9. The van der Waals surface area contributed by atoms with Gasteiger partial charge in [0.1, 0.15) is 0 Å². The molecule has 0 aliphatic heterocycles. The lowest BCUT2D eigenvalue weighted by Crippen LogP contribution is -2.16. The van der Waals surface area contributed by atoms with Crippen LogP contribution in [0.1, 0.15) is 5.56 Å². The van der Waals surface area contributed by atoms with Crippen molar-refractivity contribution < 1.29 is 108 Å². The van der Waals surface area contributed by atoms with E-state index in [-0.39, 0.29) is 24.7 Å². The first kappa shape index (κ1) is 67.3. The quantitative estimate of drug-likeness (QED) is 0.0708. The molecule has 0 aromatic heterocycles. The molecule has 0 bridgehead atoms. The van der Waals surface area contributed by atoms with E-state index in [1.54, 1.807) is 12.1 Å². The van der Waals surface area contributed by atoms with Gasteiger partial charge in [-0.25, -0.2) is 0 Å². The van der Waals surface area contributed by atoms with E-state index in [4.69, 9.17) is 99.3 Å². The topological polar surface area (TPSA) is 239 Å².